The second kappa shape index (κ2) is 7.84. The topological polar surface area (TPSA) is 59.0 Å². The molecule has 2 aliphatic rings. The highest BCUT2D eigenvalue weighted by Crippen LogP contribution is 2.42. The molecule has 5 nitrogen and oxygen atoms in total. The van der Waals surface area contributed by atoms with Crippen LogP contribution in [0.2, 0.25) is 5.02 Å². The molecule has 0 radical (unpaired) electrons. The molecule has 138 valence electrons. The number of hydrogen-bond donors (Lipinski definition) is 0. The van der Waals surface area contributed by atoms with E-state index in [1.165, 1.54) is 11.8 Å². The molecule has 1 amide bonds. The lowest BCUT2D eigenvalue weighted by atomic mass is 9.94. The molecule has 0 aliphatic carbocycles. The van der Waals surface area contributed by atoms with E-state index in [0.29, 0.717) is 45.8 Å². The zero-order valence-electron chi connectivity index (χ0n) is 15.0. The SMILES string of the molecule is CC1=C(C(=O)OCC(C)C)[C@@H](c2ccccc2Cl)N2C(=O)CCSC2=N1. The Kier molecular flexibility index (Phi) is 5.73. The Morgan fingerprint density at radius 2 is 2.15 bits per heavy atom. The summed E-state index contributed by atoms with van der Waals surface area (Å²) in [6.45, 7) is 6.04. The molecular weight excluding hydrogens is 372 g/mol. The molecule has 2 aliphatic heterocycles. The lowest BCUT2D eigenvalue weighted by molar-refractivity contribution is -0.141. The third-order valence-corrected chi connectivity index (χ3v) is 5.47. The summed E-state index contributed by atoms with van der Waals surface area (Å²) in [5.74, 6) is 0.388. The van der Waals surface area contributed by atoms with Crippen molar-refractivity contribution in [1.29, 1.82) is 0 Å². The molecule has 0 aromatic heterocycles. The Hall–Kier alpha value is -1.79. The summed E-state index contributed by atoms with van der Waals surface area (Å²) >= 11 is 7.94. The Morgan fingerprint density at radius 3 is 2.85 bits per heavy atom. The highest BCUT2D eigenvalue weighted by atomic mass is 35.5. The summed E-state index contributed by atoms with van der Waals surface area (Å²) in [4.78, 5) is 31.6. The molecular formula is C19H21ClN2O3S. The van der Waals surface area contributed by atoms with Crippen LogP contribution in [0.3, 0.4) is 0 Å². The Morgan fingerprint density at radius 1 is 1.42 bits per heavy atom. The fourth-order valence-corrected chi connectivity index (χ4v) is 4.21. The zero-order valence-corrected chi connectivity index (χ0v) is 16.6. The number of nitrogens with zero attached hydrogens (tertiary/aromatic N) is 2. The number of thioether (sulfide) groups is 1. The lowest BCUT2D eigenvalue weighted by Crippen LogP contribution is -2.46. The Balaban J connectivity index is 2.10. The third-order valence-electron chi connectivity index (χ3n) is 4.17. The number of ether oxygens (including phenoxy) is 1. The number of amidine groups is 1. The summed E-state index contributed by atoms with van der Waals surface area (Å²) in [6, 6.07) is 6.66. The van der Waals surface area contributed by atoms with Crippen molar-refractivity contribution >= 4 is 40.4 Å². The average molecular weight is 393 g/mol. The van der Waals surface area contributed by atoms with Gasteiger partial charge in [-0.2, -0.15) is 0 Å². The van der Waals surface area contributed by atoms with Gasteiger partial charge in [0.05, 0.1) is 23.9 Å². The first kappa shape index (κ1) is 19.0. The van der Waals surface area contributed by atoms with Crippen molar-refractivity contribution in [3.8, 4) is 0 Å². The van der Waals surface area contributed by atoms with Crippen LogP contribution in [0.1, 0.15) is 38.8 Å². The molecule has 0 saturated carbocycles. The minimum Gasteiger partial charge on any atom is -0.462 e. The van der Waals surface area contributed by atoms with E-state index >= 15 is 0 Å². The van der Waals surface area contributed by atoms with Crippen molar-refractivity contribution in [2.45, 2.75) is 33.2 Å². The highest BCUT2D eigenvalue weighted by Gasteiger charge is 2.42. The second-order valence-electron chi connectivity index (χ2n) is 6.67. The van der Waals surface area contributed by atoms with E-state index in [9.17, 15) is 9.59 Å². The smallest absolute Gasteiger partial charge is 0.338 e. The molecule has 1 aromatic carbocycles. The van der Waals surface area contributed by atoms with Gasteiger partial charge in [-0.05, 0) is 24.5 Å². The molecule has 7 heteroatoms. The largest absolute Gasteiger partial charge is 0.462 e. The van der Waals surface area contributed by atoms with E-state index in [1.807, 2.05) is 32.0 Å². The normalized spacial score (nSPS) is 20.2. The van der Waals surface area contributed by atoms with Gasteiger partial charge in [-0.3, -0.25) is 9.69 Å². The van der Waals surface area contributed by atoms with Crippen molar-refractivity contribution in [3.63, 3.8) is 0 Å². The first-order valence-corrected chi connectivity index (χ1v) is 9.92. The zero-order chi connectivity index (χ0) is 18.8. The molecule has 2 heterocycles. The first-order chi connectivity index (χ1) is 12.4. The number of allylic oxidation sites excluding steroid dienone is 1. The lowest BCUT2D eigenvalue weighted by Gasteiger charge is -2.39. The molecule has 1 atom stereocenters. The monoisotopic (exact) mass is 392 g/mol. The molecule has 1 saturated heterocycles. The maximum atomic E-state index is 12.9. The molecule has 0 unspecified atom stereocenters. The van der Waals surface area contributed by atoms with Crippen LogP contribution < -0.4 is 0 Å². The van der Waals surface area contributed by atoms with E-state index in [4.69, 9.17) is 16.3 Å². The van der Waals surface area contributed by atoms with Crippen LogP contribution in [0.5, 0.6) is 0 Å². The van der Waals surface area contributed by atoms with Crippen molar-refractivity contribution in [2.24, 2.45) is 10.9 Å². The number of aliphatic imine (C=N–C) groups is 1. The van der Waals surface area contributed by atoms with Gasteiger partial charge in [-0.25, -0.2) is 9.79 Å². The number of fused-ring (bicyclic) bond motifs is 1. The van der Waals surface area contributed by atoms with Crippen molar-refractivity contribution in [2.75, 3.05) is 12.4 Å². The third kappa shape index (κ3) is 3.67. The van der Waals surface area contributed by atoms with Gasteiger partial charge in [0.15, 0.2) is 5.17 Å². The average Bonchev–Trinajstić information content (AvgIpc) is 2.59. The van der Waals surface area contributed by atoms with Crippen LogP contribution in [0.25, 0.3) is 0 Å². The number of rotatable bonds is 4. The predicted octanol–water partition coefficient (Wildman–Crippen LogP) is 4.19. The van der Waals surface area contributed by atoms with E-state index in [0.717, 1.165) is 0 Å². The molecule has 1 fully saturated rings. The summed E-state index contributed by atoms with van der Waals surface area (Å²) in [7, 11) is 0. The molecule has 3 rings (SSSR count). The molecule has 0 bridgehead atoms. The minimum atomic E-state index is -0.615. The summed E-state index contributed by atoms with van der Waals surface area (Å²) < 4.78 is 5.47. The van der Waals surface area contributed by atoms with Crippen LogP contribution >= 0.6 is 23.4 Å². The number of carbonyl (C=O) groups excluding carboxylic acids is 2. The Labute approximate surface area is 162 Å². The highest BCUT2D eigenvalue weighted by molar-refractivity contribution is 8.14. The number of halogens is 1. The van der Waals surface area contributed by atoms with Crippen LogP contribution in [-0.2, 0) is 14.3 Å². The van der Waals surface area contributed by atoms with E-state index in [1.54, 1.807) is 17.9 Å². The van der Waals surface area contributed by atoms with Crippen molar-refractivity contribution in [1.82, 2.24) is 4.90 Å². The molecule has 26 heavy (non-hydrogen) atoms. The number of hydrogen-bond acceptors (Lipinski definition) is 5. The number of esters is 1. The number of amides is 1. The maximum absolute atomic E-state index is 12.9. The quantitative estimate of drug-likeness (QED) is 0.721. The van der Waals surface area contributed by atoms with Gasteiger partial charge in [0, 0.05) is 17.2 Å². The van der Waals surface area contributed by atoms with Crippen LogP contribution in [0.4, 0.5) is 0 Å². The van der Waals surface area contributed by atoms with Crippen LogP contribution in [0, 0.1) is 5.92 Å². The van der Waals surface area contributed by atoms with Crippen LogP contribution in [0.15, 0.2) is 40.5 Å². The van der Waals surface area contributed by atoms with E-state index in [2.05, 4.69) is 4.99 Å². The van der Waals surface area contributed by atoms with Gasteiger partial charge in [0.1, 0.15) is 0 Å². The minimum absolute atomic E-state index is 0.0610. The summed E-state index contributed by atoms with van der Waals surface area (Å²) in [5.41, 5.74) is 1.64. The van der Waals surface area contributed by atoms with Gasteiger partial charge in [-0.15, -0.1) is 0 Å². The summed E-state index contributed by atoms with van der Waals surface area (Å²) in [5, 5.41) is 1.12. The first-order valence-electron chi connectivity index (χ1n) is 8.56. The summed E-state index contributed by atoms with van der Waals surface area (Å²) in [6.07, 6.45) is 0.401. The molecule has 0 spiro atoms. The number of benzene rings is 1. The number of carbonyl (C=O) groups is 2. The predicted molar refractivity (Wildman–Crippen MR) is 104 cm³/mol. The van der Waals surface area contributed by atoms with Crippen molar-refractivity contribution in [3.05, 3.63) is 46.1 Å². The van der Waals surface area contributed by atoms with Crippen LogP contribution in [-0.4, -0.2) is 34.3 Å². The van der Waals surface area contributed by atoms with Gasteiger partial charge in [0.2, 0.25) is 5.91 Å². The Bertz CT molecular complexity index is 804. The van der Waals surface area contributed by atoms with E-state index in [-0.39, 0.29) is 11.8 Å². The van der Waals surface area contributed by atoms with Gasteiger partial charge >= 0.3 is 5.97 Å². The fourth-order valence-electron chi connectivity index (χ4n) is 2.97. The maximum Gasteiger partial charge on any atom is 0.338 e. The standard InChI is InChI=1S/C19H21ClN2O3S/c1-11(2)10-25-18(24)16-12(3)21-19-22(15(23)8-9-26-19)17(16)13-6-4-5-7-14(13)20/h4-7,11,17H,8-10H2,1-3H3/t17-/m1/s1. The van der Waals surface area contributed by atoms with Gasteiger partial charge in [0.25, 0.3) is 0 Å². The fraction of sp³-hybridized carbons (Fsp3) is 0.421. The van der Waals surface area contributed by atoms with Gasteiger partial charge < -0.3 is 4.74 Å². The van der Waals surface area contributed by atoms with Gasteiger partial charge in [-0.1, -0.05) is 55.4 Å². The molecule has 0 N–H and O–H groups in total. The molecule has 1 aromatic rings. The van der Waals surface area contributed by atoms with Crippen molar-refractivity contribution < 1.29 is 14.3 Å². The second-order valence-corrected chi connectivity index (χ2v) is 8.14. The van der Waals surface area contributed by atoms with E-state index < -0.39 is 12.0 Å².